The maximum Gasteiger partial charge on any atom is 0.161 e. The number of aliphatic hydroxyl groups is 5. The first-order chi connectivity index (χ1) is 23.2. The number of nitrogens with one attached hydrogen (secondary N) is 2. The molecule has 262 valence electrons. The third kappa shape index (κ3) is 9.36. The Labute approximate surface area is 283 Å². The zero-order chi connectivity index (χ0) is 34.0. The van der Waals surface area contributed by atoms with Crippen molar-refractivity contribution in [3.05, 3.63) is 71.3 Å². The van der Waals surface area contributed by atoms with Gasteiger partial charge in [0.25, 0.3) is 0 Å². The van der Waals surface area contributed by atoms with Crippen molar-refractivity contribution in [1.82, 2.24) is 10.3 Å². The van der Waals surface area contributed by atoms with Crippen LogP contribution in [0.15, 0.2) is 60.1 Å². The molecule has 0 unspecified atom stereocenters. The van der Waals surface area contributed by atoms with Crippen LogP contribution in [0.2, 0.25) is 0 Å². The number of aromatic hydroxyl groups is 1. The van der Waals surface area contributed by atoms with Gasteiger partial charge in [-0.15, -0.1) is 5.92 Å². The molecule has 0 radical (unpaired) electrons. The first-order valence-electron chi connectivity index (χ1n) is 17.6. The molecule has 9 atom stereocenters. The second-order valence-corrected chi connectivity index (χ2v) is 13.7. The Morgan fingerprint density at radius 2 is 1.85 bits per heavy atom. The molecule has 10 nitrogen and oxygen atoms in total. The molecule has 2 aromatic rings. The van der Waals surface area contributed by atoms with Crippen molar-refractivity contribution in [1.29, 1.82) is 0 Å². The summed E-state index contributed by atoms with van der Waals surface area (Å²) in [4.78, 5) is 3.29. The van der Waals surface area contributed by atoms with Crippen LogP contribution in [0, 0.1) is 35.5 Å². The molecular formula is C38H53N3O7. The highest BCUT2D eigenvalue weighted by Crippen LogP contribution is 2.41. The number of ether oxygens (including phenoxy) is 1. The van der Waals surface area contributed by atoms with Gasteiger partial charge in [0.15, 0.2) is 11.5 Å². The van der Waals surface area contributed by atoms with E-state index in [1.807, 2.05) is 24.4 Å². The highest BCUT2D eigenvalue weighted by atomic mass is 16.5. The fourth-order valence-corrected chi connectivity index (χ4v) is 7.58. The Morgan fingerprint density at radius 3 is 2.62 bits per heavy atom. The Morgan fingerprint density at radius 1 is 1.02 bits per heavy atom. The molecule has 1 aromatic carbocycles. The van der Waals surface area contributed by atoms with E-state index < -0.39 is 30.5 Å². The van der Waals surface area contributed by atoms with Gasteiger partial charge < -0.3 is 51.4 Å². The van der Waals surface area contributed by atoms with Crippen LogP contribution in [0.3, 0.4) is 0 Å². The molecule has 2 aliphatic carbocycles. The lowest BCUT2D eigenvalue weighted by Gasteiger charge is -2.42. The lowest BCUT2D eigenvalue weighted by atomic mass is 9.70. The molecule has 0 spiro atoms. The number of aromatic nitrogens is 1. The van der Waals surface area contributed by atoms with Crippen molar-refractivity contribution in [3.63, 3.8) is 0 Å². The van der Waals surface area contributed by atoms with Crippen molar-refractivity contribution in [2.75, 3.05) is 13.2 Å². The SMILES string of the molecule is NC1=CC([C@H](Cc2ccc[nH]2)[C@@H]2CC[C@H](O)[C@H](O)[C@H]2Oc2cc(CC[C@@H](O)[C@H]3CC#C[C@H](CCO)CCCC[C@@H]3O)ccc2O)=CCN1. The van der Waals surface area contributed by atoms with Crippen LogP contribution < -0.4 is 15.8 Å². The van der Waals surface area contributed by atoms with E-state index in [-0.39, 0.29) is 41.8 Å². The molecule has 48 heavy (non-hydrogen) atoms. The smallest absolute Gasteiger partial charge is 0.161 e. The van der Waals surface area contributed by atoms with Crippen molar-refractivity contribution >= 4 is 0 Å². The molecule has 1 aliphatic heterocycles. The summed E-state index contributed by atoms with van der Waals surface area (Å²) >= 11 is 0. The standard InChI is InChI=1S/C38H53N3O7/c39-36-22-26(16-19-41-36)30(23-27-7-4-18-40-27)28-12-15-34(46)37(47)38(28)48-35-21-25(11-14-33(35)45)10-13-32(44)29-8-3-6-24(17-20-42)5-1-2-9-31(29)43/h4,7,11,14,16,18,21-22,24,28-32,34,37-38,40-47H,1-2,5,8-10,12-13,15,17,19-20,23,39H2/t24-,28+,29+,30+,31+,32-,34+,37+,38+/m1/s1. The number of dihydropyridines is 1. The molecule has 5 rings (SSSR count). The van der Waals surface area contributed by atoms with E-state index >= 15 is 0 Å². The summed E-state index contributed by atoms with van der Waals surface area (Å²) in [6, 6.07) is 9.04. The molecule has 2 heterocycles. The largest absolute Gasteiger partial charge is 0.504 e. The van der Waals surface area contributed by atoms with Gasteiger partial charge in [-0.25, -0.2) is 0 Å². The molecule has 3 aliphatic rings. The summed E-state index contributed by atoms with van der Waals surface area (Å²) < 4.78 is 6.46. The Bertz CT molecular complexity index is 1430. The molecule has 0 amide bonds. The van der Waals surface area contributed by atoms with E-state index in [0.29, 0.717) is 63.7 Å². The average Bonchev–Trinajstić information content (AvgIpc) is 3.59. The molecular weight excluding hydrogens is 610 g/mol. The molecule has 10 heteroatoms. The summed E-state index contributed by atoms with van der Waals surface area (Å²) in [7, 11) is 0. The Kier molecular flexibility index (Phi) is 12.9. The van der Waals surface area contributed by atoms with Crippen LogP contribution in [-0.4, -0.2) is 79.3 Å². The maximum absolute atomic E-state index is 11.3. The van der Waals surface area contributed by atoms with Crippen molar-refractivity contribution in [2.45, 2.75) is 101 Å². The fraction of sp³-hybridized carbons (Fsp3) is 0.579. The molecule has 1 aromatic heterocycles. The number of rotatable bonds is 12. The zero-order valence-corrected chi connectivity index (χ0v) is 27.7. The Hall–Kier alpha value is -3.46. The minimum atomic E-state index is -1.17. The first-order valence-corrected chi connectivity index (χ1v) is 17.6. The van der Waals surface area contributed by atoms with E-state index in [1.54, 1.807) is 18.2 Å². The van der Waals surface area contributed by atoms with E-state index in [0.717, 1.165) is 36.1 Å². The van der Waals surface area contributed by atoms with Crippen molar-refractivity contribution < 1.29 is 35.4 Å². The first kappa shape index (κ1) is 35.8. The number of nitrogens with two attached hydrogens (primary N) is 1. The van der Waals surface area contributed by atoms with Gasteiger partial charge in [0, 0.05) is 49.2 Å². The van der Waals surface area contributed by atoms with Gasteiger partial charge in [0.1, 0.15) is 12.2 Å². The molecule has 1 saturated carbocycles. The number of hydrogen-bond acceptors (Lipinski definition) is 9. The van der Waals surface area contributed by atoms with Gasteiger partial charge in [-0.1, -0.05) is 30.9 Å². The highest BCUT2D eigenvalue weighted by molar-refractivity contribution is 5.42. The monoisotopic (exact) mass is 663 g/mol. The van der Waals surface area contributed by atoms with Crippen LogP contribution in [0.1, 0.15) is 69.0 Å². The van der Waals surface area contributed by atoms with Gasteiger partial charge in [-0.2, -0.15) is 0 Å². The van der Waals surface area contributed by atoms with Crippen LogP contribution in [0.5, 0.6) is 11.5 Å². The summed E-state index contributed by atoms with van der Waals surface area (Å²) in [5.74, 6) is 6.59. The fourth-order valence-electron chi connectivity index (χ4n) is 7.58. The molecule has 0 saturated heterocycles. The van der Waals surface area contributed by atoms with Crippen molar-refractivity contribution in [2.24, 2.45) is 29.4 Å². The third-order valence-electron chi connectivity index (χ3n) is 10.4. The highest BCUT2D eigenvalue weighted by Gasteiger charge is 2.44. The summed E-state index contributed by atoms with van der Waals surface area (Å²) in [5, 5.41) is 67.5. The number of phenolic OH excluding ortho intramolecular Hbond substituents is 1. The lowest BCUT2D eigenvalue weighted by Crippen LogP contribution is -2.52. The Balaban J connectivity index is 1.32. The van der Waals surface area contributed by atoms with E-state index in [9.17, 15) is 30.6 Å². The number of benzene rings is 1. The van der Waals surface area contributed by atoms with Gasteiger partial charge >= 0.3 is 0 Å². The molecule has 10 N–H and O–H groups in total. The van der Waals surface area contributed by atoms with Gasteiger partial charge in [0.2, 0.25) is 0 Å². The third-order valence-corrected chi connectivity index (χ3v) is 10.4. The zero-order valence-electron chi connectivity index (χ0n) is 27.7. The quantitative estimate of drug-likeness (QED) is 0.154. The number of H-pyrrole nitrogens is 1. The van der Waals surface area contributed by atoms with Crippen LogP contribution in [-0.2, 0) is 12.8 Å². The number of aromatic amines is 1. The van der Waals surface area contributed by atoms with Crippen LogP contribution in [0.25, 0.3) is 0 Å². The second-order valence-electron chi connectivity index (χ2n) is 13.7. The number of aryl methyl sites for hydroxylation is 1. The molecule has 0 bridgehead atoms. The minimum absolute atomic E-state index is 0.0769. The van der Waals surface area contributed by atoms with E-state index in [1.165, 1.54) is 0 Å². The van der Waals surface area contributed by atoms with Gasteiger partial charge in [-0.05, 0) is 98.8 Å². The number of hydrogen-bond donors (Lipinski definition) is 9. The van der Waals surface area contributed by atoms with E-state index in [4.69, 9.17) is 10.5 Å². The van der Waals surface area contributed by atoms with Crippen LogP contribution >= 0.6 is 0 Å². The number of allylic oxidation sites excluding steroid dienone is 2. The summed E-state index contributed by atoms with van der Waals surface area (Å²) in [6.45, 7) is 0.690. The summed E-state index contributed by atoms with van der Waals surface area (Å²) in [5.41, 5.74) is 9.05. The predicted octanol–water partition coefficient (Wildman–Crippen LogP) is 3.02. The minimum Gasteiger partial charge on any atom is -0.504 e. The van der Waals surface area contributed by atoms with E-state index in [2.05, 4.69) is 28.2 Å². The second kappa shape index (κ2) is 17.3. The number of aliphatic hydroxyl groups excluding tert-OH is 5. The van der Waals surface area contributed by atoms with Gasteiger partial charge in [-0.3, -0.25) is 0 Å². The molecule has 1 fully saturated rings. The maximum atomic E-state index is 11.3. The number of phenols is 1. The normalized spacial score (nSPS) is 29.3. The lowest BCUT2D eigenvalue weighted by molar-refractivity contribution is -0.108. The van der Waals surface area contributed by atoms with Crippen molar-refractivity contribution in [3.8, 4) is 23.3 Å². The topological polar surface area (TPSA) is 184 Å². The predicted molar refractivity (Wildman–Crippen MR) is 183 cm³/mol. The average molecular weight is 664 g/mol. The van der Waals surface area contributed by atoms with Gasteiger partial charge in [0.05, 0.1) is 24.1 Å². The van der Waals surface area contributed by atoms with Crippen LogP contribution in [0.4, 0.5) is 0 Å². The summed E-state index contributed by atoms with van der Waals surface area (Å²) in [6.07, 6.45) is 8.35.